The van der Waals surface area contributed by atoms with Gasteiger partial charge in [0, 0.05) is 13.1 Å². The molecule has 9 heteroatoms. The molecule has 1 aromatic carbocycles. The Bertz CT molecular complexity index is 781. The molecule has 3 N–H and O–H groups in total. The molecule has 3 rings (SSSR count). The van der Waals surface area contributed by atoms with Gasteiger partial charge in [0.2, 0.25) is 15.9 Å². The SMILES string of the molecule is Cc1ccc(S(=O)(=O)N2CCC[C@@]3(C(N)=O)CCN(C)C[C@H]23)cc1.O=CO. The lowest BCUT2D eigenvalue weighted by Crippen LogP contribution is -2.65. The molecule has 2 heterocycles. The van der Waals surface area contributed by atoms with Crippen molar-refractivity contribution < 1.29 is 23.1 Å². The Morgan fingerprint density at radius 2 is 1.85 bits per heavy atom. The minimum Gasteiger partial charge on any atom is -0.483 e. The second-order valence-corrected chi connectivity index (χ2v) is 9.08. The van der Waals surface area contributed by atoms with Crippen molar-refractivity contribution in [2.75, 3.05) is 26.7 Å². The minimum absolute atomic E-state index is 0.250. The smallest absolute Gasteiger partial charge is 0.290 e. The van der Waals surface area contributed by atoms with Gasteiger partial charge in [0.1, 0.15) is 0 Å². The quantitative estimate of drug-likeness (QED) is 0.723. The van der Waals surface area contributed by atoms with Crippen LogP contribution in [0.5, 0.6) is 0 Å². The molecule has 1 aromatic rings. The number of likely N-dealkylation sites (tertiary alicyclic amines) is 1. The number of carbonyl (C=O) groups excluding carboxylic acids is 1. The van der Waals surface area contributed by atoms with Gasteiger partial charge in [-0.25, -0.2) is 8.42 Å². The van der Waals surface area contributed by atoms with Gasteiger partial charge in [-0.15, -0.1) is 0 Å². The molecule has 2 saturated heterocycles. The number of piperidine rings is 2. The van der Waals surface area contributed by atoms with Crippen molar-refractivity contribution in [1.82, 2.24) is 9.21 Å². The number of primary amides is 1. The summed E-state index contributed by atoms with van der Waals surface area (Å²) in [5.74, 6) is -0.371. The maximum absolute atomic E-state index is 13.2. The van der Waals surface area contributed by atoms with E-state index >= 15 is 0 Å². The standard InChI is InChI=1S/C17H25N3O3S.CH2O2/c1-13-4-6-14(7-5-13)24(22,23)20-10-3-8-17(16(18)21)9-11-19(2)12-15(17)20;2-1-3/h4-7,15H,3,8-12H2,1-2H3,(H2,18,21);1H,(H,2,3)/t15-,17+;/m0./s1. The maximum Gasteiger partial charge on any atom is 0.290 e. The zero-order valence-corrected chi connectivity index (χ0v) is 16.5. The lowest BCUT2D eigenvalue weighted by Gasteiger charge is -2.52. The third-order valence-corrected chi connectivity index (χ3v) is 7.45. The van der Waals surface area contributed by atoms with Crippen molar-refractivity contribution in [3.8, 4) is 0 Å². The van der Waals surface area contributed by atoms with Crippen LogP contribution in [0.1, 0.15) is 24.8 Å². The molecule has 0 unspecified atom stereocenters. The number of amides is 1. The average Bonchev–Trinajstić information content (AvgIpc) is 2.62. The molecule has 150 valence electrons. The number of hydrogen-bond donors (Lipinski definition) is 2. The lowest BCUT2D eigenvalue weighted by molar-refractivity contribution is -0.137. The highest BCUT2D eigenvalue weighted by Gasteiger charge is 2.54. The van der Waals surface area contributed by atoms with Gasteiger partial charge < -0.3 is 15.7 Å². The van der Waals surface area contributed by atoms with Gasteiger partial charge in [-0.05, 0) is 51.9 Å². The summed E-state index contributed by atoms with van der Waals surface area (Å²) in [6.07, 6.45) is 1.94. The van der Waals surface area contributed by atoms with E-state index in [9.17, 15) is 13.2 Å². The molecule has 1 amide bonds. The second-order valence-electron chi connectivity index (χ2n) is 7.19. The number of nitrogens with two attached hydrogens (primary N) is 1. The van der Waals surface area contributed by atoms with Gasteiger partial charge in [-0.3, -0.25) is 9.59 Å². The monoisotopic (exact) mass is 397 g/mol. The number of benzene rings is 1. The number of sulfonamides is 1. The molecule has 0 radical (unpaired) electrons. The van der Waals surface area contributed by atoms with Crippen molar-refractivity contribution in [3.05, 3.63) is 29.8 Å². The largest absolute Gasteiger partial charge is 0.483 e. The Balaban J connectivity index is 0.000000817. The number of carboxylic acid groups (broad SMARTS) is 1. The number of likely N-dealkylation sites (N-methyl/N-ethyl adjacent to an activating group) is 1. The van der Waals surface area contributed by atoms with Crippen molar-refractivity contribution in [2.45, 2.75) is 37.1 Å². The van der Waals surface area contributed by atoms with E-state index in [4.69, 9.17) is 15.6 Å². The summed E-state index contributed by atoms with van der Waals surface area (Å²) in [4.78, 5) is 23.0. The van der Waals surface area contributed by atoms with Crippen LogP contribution in [0.15, 0.2) is 29.2 Å². The average molecular weight is 397 g/mol. The first-order valence-corrected chi connectivity index (χ1v) is 10.3. The number of carbonyl (C=O) groups is 2. The molecule has 0 aliphatic carbocycles. The van der Waals surface area contributed by atoms with Crippen molar-refractivity contribution in [3.63, 3.8) is 0 Å². The van der Waals surface area contributed by atoms with Crippen LogP contribution in [-0.2, 0) is 19.6 Å². The Morgan fingerprint density at radius 1 is 1.26 bits per heavy atom. The van der Waals surface area contributed by atoms with Gasteiger partial charge >= 0.3 is 0 Å². The lowest BCUT2D eigenvalue weighted by atomic mass is 9.69. The van der Waals surface area contributed by atoms with Crippen molar-refractivity contribution in [1.29, 1.82) is 0 Å². The fraction of sp³-hybridized carbons (Fsp3) is 0.556. The minimum atomic E-state index is -3.65. The van der Waals surface area contributed by atoms with Crippen LogP contribution in [0, 0.1) is 12.3 Å². The predicted octanol–water partition coefficient (Wildman–Crippen LogP) is 0.656. The van der Waals surface area contributed by atoms with Crippen LogP contribution in [0.4, 0.5) is 0 Å². The summed E-state index contributed by atoms with van der Waals surface area (Å²) in [5, 5.41) is 6.89. The molecular formula is C18H27N3O5S. The second kappa shape index (κ2) is 8.37. The summed E-state index contributed by atoms with van der Waals surface area (Å²) >= 11 is 0. The first-order valence-electron chi connectivity index (χ1n) is 8.84. The van der Waals surface area contributed by atoms with E-state index < -0.39 is 21.5 Å². The Labute approximate surface area is 160 Å². The highest BCUT2D eigenvalue weighted by Crippen LogP contribution is 2.43. The van der Waals surface area contributed by atoms with Gasteiger partial charge in [0.25, 0.3) is 6.47 Å². The molecule has 0 saturated carbocycles. The number of nitrogens with zero attached hydrogens (tertiary/aromatic N) is 2. The zero-order chi connectivity index (χ0) is 20.2. The molecule has 2 aliphatic rings. The summed E-state index contributed by atoms with van der Waals surface area (Å²) in [5.41, 5.74) is 6.01. The van der Waals surface area contributed by atoms with Crippen LogP contribution in [0.2, 0.25) is 0 Å². The van der Waals surface area contributed by atoms with Crippen LogP contribution >= 0.6 is 0 Å². The zero-order valence-electron chi connectivity index (χ0n) is 15.7. The van der Waals surface area contributed by atoms with Gasteiger partial charge in [-0.2, -0.15) is 4.31 Å². The predicted molar refractivity (Wildman–Crippen MR) is 101 cm³/mol. The first kappa shape index (κ1) is 21.3. The molecule has 27 heavy (non-hydrogen) atoms. The number of hydrogen-bond acceptors (Lipinski definition) is 5. The molecular weight excluding hydrogens is 370 g/mol. The highest BCUT2D eigenvalue weighted by atomic mass is 32.2. The topological polar surface area (TPSA) is 121 Å². The molecule has 2 aliphatic heterocycles. The van der Waals surface area contributed by atoms with Crippen LogP contribution in [0.25, 0.3) is 0 Å². The fourth-order valence-corrected chi connectivity index (χ4v) is 5.75. The molecule has 2 atom stereocenters. The Kier molecular flexibility index (Phi) is 6.61. The van der Waals surface area contributed by atoms with Crippen molar-refractivity contribution in [2.24, 2.45) is 11.1 Å². The highest BCUT2D eigenvalue weighted by molar-refractivity contribution is 7.89. The normalized spacial score (nSPS) is 26.4. The van der Waals surface area contributed by atoms with E-state index in [-0.39, 0.29) is 17.3 Å². The van der Waals surface area contributed by atoms with Crippen LogP contribution in [0.3, 0.4) is 0 Å². The maximum atomic E-state index is 13.2. The van der Waals surface area contributed by atoms with E-state index in [1.54, 1.807) is 24.3 Å². The number of rotatable bonds is 3. The van der Waals surface area contributed by atoms with Gasteiger partial charge in [0.05, 0.1) is 16.4 Å². The first-order chi connectivity index (χ1) is 12.7. The Hall–Kier alpha value is -1.97. The molecule has 0 spiro atoms. The third kappa shape index (κ3) is 4.15. The van der Waals surface area contributed by atoms with E-state index in [0.717, 1.165) is 12.1 Å². The Morgan fingerprint density at radius 3 is 2.41 bits per heavy atom. The molecule has 0 bridgehead atoms. The van der Waals surface area contributed by atoms with E-state index in [2.05, 4.69) is 4.90 Å². The summed E-state index contributed by atoms with van der Waals surface area (Å²) in [6.45, 7) is 3.40. The van der Waals surface area contributed by atoms with Gasteiger partial charge in [0.15, 0.2) is 0 Å². The van der Waals surface area contributed by atoms with E-state index in [1.165, 1.54) is 4.31 Å². The number of aryl methyl sites for hydroxylation is 1. The summed E-state index contributed by atoms with van der Waals surface area (Å²) < 4.78 is 27.9. The van der Waals surface area contributed by atoms with Crippen LogP contribution < -0.4 is 5.73 Å². The fourth-order valence-electron chi connectivity index (χ4n) is 4.03. The number of fused-ring (bicyclic) bond motifs is 1. The molecule has 0 aromatic heterocycles. The third-order valence-electron chi connectivity index (χ3n) is 5.53. The summed E-state index contributed by atoms with van der Waals surface area (Å²) in [7, 11) is -1.69. The van der Waals surface area contributed by atoms with E-state index in [0.29, 0.717) is 32.4 Å². The molecule has 8 nitrogen and oxygen atoms in total. The molecule has 2 fully saturated rings. The van der Waals surface area contributed by atoms with Gasteiger partial charge in [-0.1, -0.05) is 17.7 Å². The van der Waals surface area contributed by atoms with E-state index in [1.807, 2.05) is 14.0 Å². The van der Waals surface area contributed by atoms with Crippen LogP contribution in [-0.4, -0.2) is 67.8 Å². The summed E-state index contributed by atoms with van der Waals surface area (Å²) in [6, 6.07) is 6.47. The van der Waals surface area contributed by atoms with Crippen molar-refractivity contribution >= 4 is 22.4 Å².